The van der Waals surface area contributed by atoms with Crippen molar-refractivity contribution in [3.05, 3.63) is 64.1 Å². The van der Waals surface area contributed by atoms with Crippen molar-refractivity contribution >= 4 is 54.9 Å². The van der Waals surface area contributed by atoms with Crippen LogP contribution in [0.25, 0.3) is 0 Å². The Hall–Kier alpha value is -2.59. The molecule has 3 aliphatic rings. The van der Waals surface area contributed by atoms with Crippen molar-refractivity contribution in [2.45, 2.75) is 241 Å². The van der Waals surface area contributed by atoms with E-state index in [1.54, 1.807) is 0 Å². The average Bonchev–Trinajstić information content (AvgIpc) is 3.64. The monoisotopic (exact) mass is 1030 g/mol. The molecule has 16 heteroatoms. The Morgan fingerprint density at radius 1 is 0.536 bits per heavy atom. The zero-order valence-electron chi connectivity index (χ0n) is 46.8. The van der Waals surface area contributed by atoms with E-state index in [2.05, 4.69) is 113 Å². The van der Waals surface area contributed by atoms with Crippen molar-refractivity contribution < 1.29 is 47.0 Å². The van der Waals surface area contributed by atoms with Crippen molar-refractivity contribution in [2.75, 3.05) is 13.1 Å². The summed E-state index contributed by atoms with van der Waals surface area (Å²) in [4.78, 5) is 28.8. The molecule has 0 aromatic heterocycles. The van der Waals surface area contributed by atoms with Gasteiger partial charge in [-0.3, -0.25) is 0 Å². The zero-order valence-corrected chi connectivity index (χ0v) is 48.4. The lowest BCUT2D eigenvalue weighted by Gasteiger charge is -2.32. The molecule has 2 aromatic carbocycles. The quantitative estimate of drug-likeness (QED) is 0.180. The molecule has 2 atom stereocenters. The number of carbonyl (C=O) groups excluding carboxylic acids is 2. The molecule has 2 amide bonds. The molecule has 0 bridgehead atoms. The molecule has 3 saturated heterocycles. The number of nitrogens with zero attached hydrogens (tertiary/aromatic N) is 2. The lowest BCUT2D eigenvalue weighted by molar-refractivity contribution is 0.00578. The molecule has 388 valence electrons. The summed E-state index contributed by atoms with van der Waals surface area (Å²) in [5.41, 5.74) is 0.229. The Morgan fingerprint density at radius 2 is 0.826 bits per heavy atom. The summed E-state index contributed by atoms with van der Waals surface area (Å²) in [7, 11) is -0.939. The van der Waals surface area contributed by atoms with Crippen LogP contribution in [-0.2, 0) is 37.4 Å². The van der Waals surface area contributed by atoms with Crippen LogP contribution in [0.4, 0.5) is 9.59 Å². The second-order valence-corrected chi connectivity index (χ2v) is 24.7. The van der Waals surface area contributed by atoms with E-state index in [0.717, 1.165) is 46.7 Å². The van der Waals surface area contributed by atoms with E-state index in [1.165, 1.54) is 0 Å². The lowest BCUT2D eigenvalue weighted by atomic mass is 9.64. The second-order valence-electron chi connectivity index (χ2n) is 23.8. The van der Waals surface area contributed by atoms with Crippen molar-refractivity contribution in [1.29, 1.82) is 0 Å². The maximum atomic E-state index is 12.8. The minimum atomic E-state index is -0.512. The van der Waals surface area contributed by atoms with Gasteiger partial charge in [-0.15, -0.1) is 0 Å². The fraction of sp³-hybridized carbons (Fsp3) is 0.736. The summed E-state index contributed by atoms with van der Waals surface area (Å²) >= 11 is 3.44. The smallest absolute Gasteiger partial charge is 0.444 e. The van der Waals surface area contributed by atoms with E-state index < -0.39 is 11.2 Å². The molecule has 69 heavy (non-hydrogen) atoms. The van der Waals surface area contributed by atoms with E-state index in [-0.39, 0.29) is 79.2 Å². The predicted molar refractivity (Wildman–Crippen MR) is 286 cm³/mol. The van der Waals surface area contributed by atoms with Gasteiger partial charge in [0, 0.05) is 23.8 Å². The first-order valence-corrected chi connectivity index (χ1v) is 26.1. The van der Waals surface area contributed by atoms with Gasteiger partial charge in [-0.1, -0.05) is 79.0 Å². The van der Waals surface area contributed by atoms with Gasteiger partial charge in [0.2, 0.25) is 0 Å². The number of carbonyl (C=O) groups is 2. The Labute approximate surface area is 428 Å². The van der Waals surface area contributed by atoms with Gasteiger partial charge in [-0.2, -0.15) is 0 Å². The van der Waals surface area contributed by atoms with Crippen molar-refractivity contribution in [3.8, 4) is 0 Å². The van der Waals surface area contributed by atoms with E-state index >= 15 is 0 Å². The number of hydrogen-bond donors (Lipinski definition) is 0. The highest BCUT2D eigenvalue weighted by molar-refractivity contribution is 9.10. The number of rotatable bonds is 13. The summed E-state index contributed by atoms with van der Waals surface area (Å²) in [6, 6.07) is 16.2. The molecule has 3 heterocycles. The van der Waals surface area contributed by atoms with Crippen molar-refractivity contribution in [3.63, 3.8) is 0 Å². The molecule has 3 aliphatic heterocycles. The highest BCUT2D eigenvalue weighted by Crippen LogP contribution is 2.42. The minimum Gasteiger partial charge on any atom is -0.444 e. The third-order valence-corrected chi connectivity index (χ3v) is 14.5. The predicted octanol–water partition coefficient (Wildman–Crippen LogP) is 13.3. The van der Waals surface area contributed by atoms with Crippen LogP contribution in [0.3, 0.4) is 0 Å². The second kappa shape index (κ2) is 23.5. The summed E-state index contributed by atoms with van der Waals surface area (Å²) in [6.07, 6.45) is 4.06. The maximum absolute atomic E-state index is 12.8. The van der Waals surface area contributed by atoms with Gasteiger partial charge >= 0.3 is 33.5 Å². The molecule has 0 aliphatic carbocycles. The van der Waals surface area contributed by atoms with Crippen LogP contribution in [0.15, 0.2) is 53.0 Å². The topological polar surface area (TPSA) is 114 Å². The highest BCUT2D eigenvalue weighted by Gasteiger charge is 2.57. The van der Waals surface area contributed by atoms with Crippen LogP contribution in [0, 0.1) is 0 Å². The highest BCUT2D eigenvalue weighted by atomic mass is 79.9. The summed E-state index contributed by atoms with van der Waals surface area (Å²) in [5.74, 6) is 0. The van der Waals surface area contributed by atoms with Gasteiger partial charge in [-0.25, -0.2) is 9.59 Å². The normalized spacial score (nSPS) is 20.5. The Kier molecular flexibility index (Phi) is 20.7. The standard InChI is InChI=1S/C23H38BNO4.C17H26BrNO2.C13H26B2O4/c1-10-11-16-25(20(26)27-21(3,4)5)17(2)18-12-14-19(15-13-18)24-28-22(6,7)23(8,9)29-24;1-6-7-12-19(16(20)21-17(3,4)5)13(2)14-8-10-15(18)11-9-14;1-10(2)11(3,4)17-14(16-10)9-15-18-12(5,6)13(7,8)19-15/h12-15,17H,10-11,16H2,1-9H3;8-11,13H,6-7,12H2,1-5H3;9H2,1-8H3/t17-;13-;/m00./s1. The molecule has 3 fully saturated rings. The molecule has 0 radical (unpaired) electrons. The number of ether oxygens (including phenoxy) is 2. The van der Waals surface area contributed by atoms with Gasteiger partial charge in [0.05, 0.1) is 45.7 Å². The summed E-state index contributed by atoms with van der Waals surface area (Å²) in [6.45, 7) is 45.7. The number of halogens is 1. The van der Waals surface area contributed by atoms with Crippen LogP contribution < -0.4 is 5.46 Å². The first-order chi connectivity index (χ1) is 31.4. The number of amides is 2. The number of unbranched alkanes of at least 4 members (excludes halogenated alkanes) is 2. The maximum Gasteiger partial charge on any atom is 0.494 e. The average molecular weight is 1030 g/mol. The number of benzene rings is 2. The van der Waals surface area contributed by atoms with E-state index in [9.17, 15) is 9.59 Å². The van der Waals surface area contributed by atoms with Crippen molar-refractivity contribution in [1.82, 2.24) is 9.80 Å². The SMILES string of the molecule is CC1(C)OB(CB2OC(C)(C)C(C)(C)O2)OC1(C)C.CCCCN(C(=O)OC(C)(C)C)[C@@H](C)c1ccc(B2OC(C)(C)C(C)(C)O2)cc1.CCCCN(C(=O)OC(C)(C)C)[C@@H](C)c1ccc(Br)cc1. The largest absolute Gasteiger partial charge is 0.494 e. The lowest BCUT2D eigenvalue weighted by Crippen LogP contribution is -2.41. The molecule has 0 saturated carbocycles. The molecule has 2 aromatic rings. The first-order valence-electron chi connectivity index (χ1n) is 25.3. The fourth-order valence-electron chi connectivity index (χ4n) is 7.48. The van der Waals surface area contributed by atoms with Gasteiger partial charge in [0.15, 0.2) is 0 Å². The minimum absolute atomic E-state index is 0.000463. The van der Waals surface area contributed by atoms with Gasteiger partial charge in [0.1, 0.15) is 11.2 Å². The van der Waals surface area contributed by atoms with Crippen molar-refractivity contribution in [2.24, 2.45) is 0 Å². The molecule has 0 spiro atoms. The van der Waals surface area contributed by atoms with Crippen LogP contribution in [0.1, 0.15) is 201 Å². The molecule has 0 unspecified atom stereocenters. The summed E-state index contributed by atoms with van der Waals surface area (Å²) in [5, 5.41) is 0. The van der Waals surface area contributed by atoms with Crippen LogP contribution in [-0.4, -0.2) is 101 Å². The molecular weight excluding hydrogens is 937 g/mol. The van der Waals surface area contributed by atoms with Gasteiger partial charge < -0.3 is 47.2 Å². The molecule has 12 nitrogen and oxygen atoms in total. The third-order valence-electron chi connectivity index (χ3n) is 14.0. The Bertz CT molecular complexity index is 1870. The van der Waals surface area contributed by atoms with E-state index in [1.807, 2.05) is 114 Å². The Morgan fingerprint density at radius 3 is 1.12 bits per heavy atom. The Balaban J connectivity index is 0.000000282. The number of hydrogen-bond acceptors (Lipinski definition) is 10. The fourth-order valence-corrected chi connectivity index (χ4v) is 7.74. The van der Waals surface area contributed by atoms with Crippen LogP contribution in [0.2, 0.25) is 6.22 Å². The third kappa shape index (κ3) is 17.0. The van der Waals surface area contributed by atoms with Gasteiger partial charge in [0.25, 0.3) is 0 Å². The molecule has 0 N–H and O–H groups in total. The van der Waals surface area contributed by atoms with Crippen LogP contribution >= 0.6 is 15.9 Å². The molecular formula is C53H90B3BrN2O10. The first kappa shape index (κ1) is 60.7. The van der Waals surface area contributed by atoms with E-state index in [4.69, 9.17) is 37.4 Å². The van der Waals surface area contributed by atoms with Gasteiger partial charge in [-0.05, 0) is 180 Å². The van der Waals surface area contributed by atoms with E-state index in [0.29, 0.717) is 19.3 Å². The zero-order chi connectivity index (χ0) is 52.8. The molecule has 5 rings (SSSR count). The summed E-state index contributed by atoms with van der Waals surface area (Å²) < 4.78 is 48.4. The van der Waals surface area contributed by atoms with Crippen LogP contribution in [0.5, 0.6) is 0 Å².